The van der Waals surface area contributed by atoms with Gasteiger partial charge in [0.15, 0.2) is 6.10 Å². The maximum absolute atomic E-state index is 12.9. The third kappa shape index (κ3) is 66.4. The first kappa shape index (κ1) is 76.7. The zero-order valence-electron chi connectivity index (χ0n) is 52.4. The van der Waals surface area contributed by atoms with E-state index >= 15 is 0 Å². The van der Waals surface area contributed by atoms with Crippen LogP contribution in [0.3, 0.4) is 0 Å². The average Bonchev–Trinajstić information content (AvgIpc) is 3.50. The first-order chi connectivity index (χ1) is 41.0. The molecule has 0 rings (SSSR count). The van der Waals surface area contributed by atoms with Gasteiger partial charge in [0.2, 0.25) is 0 Å². The molecular weight excluding hydrogens is 1020 g/mol. The highest BCUT2D eigenvalue weighted by Gasteiger charge is 2.19. The number of carbonyl (C=O) groups excluding carboxylic acids is 3. The van der Waals surface area contributed by atoms with Gasteiger partial charge in [-0.2, -0.15) is 0 Å². The SMILES string of the molecule is CC/C=C\C/C=C\C/C=C\C/C=C\C/C=C\C/C=C\CCCCCCCCCCC(=O)OCC(COC(=O)CC/C=C\C/C=C\C/C=C\C/C=C\C/C=C\C/C=C\CC)OC(=O)CC/C=C\C/C=C\C/C=C\C/C=C\C/C=C\C/C=C\CC. The molecule has 0 bridgehead atoms. The molecule has 83 heavy (non-hydrogen) atoms. The first-order valence-corrected chi connectivity index (χ1v) is 32.2. The number of allylic oxidation sites excluding steroid dienone is 36. The van der Waals surface area contributed by atoms with Gasteiger partial charge in [0, 0.05) is 19.3 Å². The summed E-state index contributed by atoms with van der Waals surface area (Å²) in [4.78, 5) is 38.3. The Bertz CT molecular complexity index is 2080. The van der Waals surface area contributed by atoms with E-state index in [1.165, 1.54) is 25.7 Å². The van der Waals surface area contributed by atoms with Crippen molar-refractivity contribution in [3.8, 4) is 0 Å². The Morgan fingerprint density at radius 2 is 0.458 bits per heavy atom. The van der Waals surface area contributed by atoms with E-state index < -0.39 is 12.1 Å². The molecular formula is C77H114O6. The molecule has 1 atom stereocenters. The Morgan fingerprint density at radius 3 is 0.747 bits per heavy atom. The van der Waals surface area contributed by atoms with Crippen LogP contribution in [0.25, 0.3) is 0 Å². The minimum atomic E-state index is -0.870. The molecule has 0 spiro atoms. The summed E-state index contributed by atoms with van der Waals surface area (Å²) in [5.74, 6) is -1.14. The Kier molecular flexibility index (Phi) is 63.1. The maximum atomic E-state index is 12.9. The van der Waals surface area contributed by atoms with E-state index in [4.69, 9.17) is 14.2 Å². The number of rotatable bonds is 55. The summed E-state index contributed by atoms with van der Waals surface area (Å²) in [6.45, 7) is 6.14. The fraction of sp³-hybridized carbons (Fsp3) is 0.494. The molecule has 0 amide bonds. The molecule has 6 nitrogen and oxygen atoms in total. The normalized spacial score (nSPS) is 13.6. The lowest BCUT2D eigenvalue weighted by Crippen LogP contribution is -2.30. The molecule has 0 aromatic carbocycles. The zero-order valence-corrected chi connectivity index (χ0v) is 52.4. The van der Waals surface area contributed by atoms with Gasteiger partial charge in [0.05, 0.1) is 0 Å². The zero-order chi connectivity index (χ0) is 59.9. The van der Waals surface area contributed by atoms with Gasteiger partial charge in [-0.1, -0.05) is 278 Å². The van der Waals surface area contributed by atoms with Gasteiger partial charge in [-0.15, -0.1) is 0 Å². The average molecular weight is 1140 g/mol. The number of unbranched alkanes of at least 4 members (excludes halogenated alkanes) is 8. The molecule has 0 aliphatic rings. The third-order valence-corrected chi connectivity index (χ3v) is 12.5. The van der Waals surface area contributed by atoms with Crippen LogP contribution in [0.1, 0.15) is 226 Å². The van der Waals surface area contributed by atoms with Crippen molar-refractivity contribution in [3.05, 3.63) is 219 Å². The van der Waals surface area contributed by atoms with Gasteiger partial charge >= 0.3 is 17.9 Å². The second kappa shape index (κ2) is 68.2. The molecule has 1 unspecified atom stereocenters. The monoisotopic (exact) mass is 1130 g/mol. The summed E-state index contributed by atoms with van der Waals surface area (Å²) in [7, 11) is 0. The fourth-order valence-electron chi connectivity index (χ4n) is 7.79. The highest BCUT2D eigenvalue weighted by molar-refractivity contribution is 5.71. The molecule has 0 saturated carbocycles. The molecule has 458 valence electrons. The lowest BCUT2D eigenvalue weighted by Gasteiger charge is -2.18. The lowest BCUT2D eigenvalue weighted by atomic mass is 10.1. The number of hydrogen-bond acceptors (Lipinski definition) is 6. The van der Waals surface area contributed by atoms with Crippen LogP contribution < -0.4 is 0 Å². The van der Waals surface area contributed by atoms with E-state index in [1.807, 2.05) is 24.3 Å². The van der Waals surface area contributed by atoms with E-state index in [1.54, 1.807) is 0 Å². The molecule has 0 radical (unpaired) electrons. The van der Waals surface area contributed by atoms with Crippen LogP contribution in [0.15, 0.2) is 219 Å². The summed E-state index contributed by atoms with van der Waals surface area (Å²) in [5.41, 5.74) is 0. The van der Waals surface area contributed by atoms with E-state index in [2.05, 4.69) is 215 Å². The molecule has 0 aromatic rings. The van der Waals surface area contributed by atoms with Crippen LogP contribution in [0.5, 0.6) is 0 Å². The molecule has 0 saturated heterocycles. The Morgan fingerprint density at radius 1 is 0.241 bits per heavy atom. The van der Waals surface area contributed by atoms with E-state index in [-0.39, 0.29) is 38.0 Å². The van der Waals surface area contributed by atoms with Crippen LogP contribution >= 0.6 is 0 Å². The van der Waals surface area contributed by atoms with Crippen molar-refractivity contribution in [2.45, 2.75) is 232 Å². The van der Waals surface area contributed by atoms with Crippen molar-refractivity contribution in [1.29, 1.82) is 0 Å². The standard InChI is InChI=1S/C77H114O6/c1-4-7-10-13-16-19-22-25-28-31-34-35-36-37-38-39-40-41-44-46-49-52-55-58-61-64-67-70-76(79)82-73-74(83-77(80)71-68-65-62-59-56-53-50-47-43-33-30-27-24-21-18-15-12-9-6-3)72-81-75(78)69-66-63-60-57-54-51-48-45-42-32-29-26-23-20-17-14-11-8-5-2/h7-12,16-21,25-30,34-35,37-38,40-43,45,47,51,53-54,56,60,62-63,65,74H,4-6,13-15,22-24,31-33,36,39,44,46,48-50,52,55,57-59,61,64,66-73H2,1-3H3/b10-7-,11-8-,12-9-,19-16-,20-17-,21-18-,28-25-,29-26-,30-27-,35-34-,38-37-,41-40-,45-42-,47-43-,54-51-,56-53-,63-60-,65-62-. The quantitative estimate of drug-likeness (QED) is 0.0261. The highest BCUT2D eigenvalue weighted by atomic mass is 16.6. The van der Waals surface area contributed by atoms with Crippen molar-refractivity contribution in [3.63, 3.8) is 0 Å². The molecule has 0 fully saturated rings. The predicted octanol–water partition coefficient (Wildman–Crippen LogP) is 22.5. The summed E-state index contributed by atoms with van der Waals surface area (Å²) < 4.78 is 16.8. The van der Waals surface area contributed by atoms with Gasteiger partial charge in [0.25, 0.3) is 0 Å². The van der Waals surface area contributed by atoms with Gasteiger partial charge < -0.3 is 14.2 Å². The van der Waals surface area contributed by atoms with Crippen LogP contribution in [-0.2, 0) is 28.6 Å². The maximum Gasteiger partial charge on any atom is 0.306 e. The summed E-state index contributed by atoms with van der Waals surface area (Å²) in [5, 5.41) is 0. The topological polar surface area (TPSA) is 78.9 Å². The minimum absolute atomic E-state index is 0.149. The van der Waals surface area contributed by atoms with Gasteiger partial charge in [-0.3, -0.25) is 14.4 Å². The van der Waals surface area contributed by atoms with Gasteiger partial charge in [0.1, 0.15) is 13.2 Å². The minimum Gasteiger partial charge on any atom is -0.462 e. The smallest absolute Gasteiger partial charge is 0.306 e. The number of carbonyl (C=O) groups is 3. The summed E-state index contributed by atoms with van der Waals surface area (Å²) in [6, 6.07) is 0. The van der Waals surface area contributed by atoms with E-state index in [0.717, 1.165) is 148 Å². The summed E-state index contributed by atoms with van der Waals surface area (Å²) >= 11 is 0. The van der Waals surface area contributed by atoms with Gasteiger partial charge in [-0.25, -0.2) is 0 Å². The van der Waals surface area contributed by atoms with E-state index in [9.17, 15) is 14.4 Å². The molecule has 0 aliphatic carbocycles. The van der Waals surface area contributed by atoms with Crippen LogP contribution in [0.2, 0.25) is 0 Å². The predicted molar refractivity (Wildman–Crippen MR) is 361 cm³/mol. The van der Waals surface area contributed by atoms with Crippen molar-refractivity contribution < 1.29 is 28.6 Å². The molecule has 6 heteroatoms. The third-order valence-electron chi connectivity index (χ3n) is 12.5. The Labute approximate surface area is 508 Å². The second-order valence-corrected chi connectivity index (χ2v) is 20.2. The van der Waals surface area contributed by atoms with Crippen LogP contribution in [0, 0.1) is 0 Å². The lowest BCUT2D eigenvalue weighted by molar-refractivity contribution is -0.166. The number of ether oxygens (including phenoxy) is 3. The van der Waals surface area contributed by atoms with Crippen molar-refractivity contribution in [1.82, 2.24) is 0 Å². The summed E-state index contributed by atoms with van der Waals surface area (Å²) in [6.07, 6.45) is 107. The highest BCUT2D eigenvalue weighted by Crippen LogP contribution is 2.13. The molecule has 0 aromatic heterocycles. The first-order valence-electron chi connectivity index (χ1n) is 32.2. The van der Waals surface area contributed by atoms with Crippen molar-refractivity contribution >= 4 is 17.9 Å². The van der Waals surface area contributed by atoms with Crippen LogP contribution in [-0.4, -0.2) is 37.2 Å². The number of esters is 3. The molecule has 0 N–H and O–H groups in total. The Balaban J connectivity index is 4.61. The molecule has 0 heterocycles. The molecule has 0 aliphatic heterocycles. The van der Waals surface area contributed by atoms with Crippen molar-refractivity contribution in [2.24, 2.45) is 0 Å². The van der Waals surface area contributed by atoms with E-state index in [0.29, 0.717) is 19.3 Å². The largest absolute Gasteiger partial charge is 0.462 e. The fourth-order valence-corrected chi connectivity index (χ4v) is 7.79. The second-order valence-electron chi connectivity index (χ2n) is 20.2. The van der Waals surface area contributed by atoms with Gasteiger partial charge in [-0.05, 0) is 148 Å². The number of hydrogen-bond donors (Lipinski definition) is 0. The van der Waals surface area contributed by atoms with Crippen molar-refractivity contribution in [2.75, 3.05) is 13.2 Å². The Hall–Kier alpha value is -6.27. The van der Waals surface area contributed by atoms with Crippen LogP contribution in [0.4, 0.5) is 0 Å².